The molecule has 26 heavy (non-hydrogen) atoms. The first kappa shape index (κ1) is 18.0. The molecule has 0 saturated heterocycles. The third-order valence-electron chi connectivity index (χ3n) is 4.05. The van der Waals surface area contributed by atoms with Crippen molar-refractivity contribution < 1.29 is 27.8 Å². The third kappa shape index (κ3) is 3.55. The molecule has 0 radical (unpaired) electrons. The first-order valence-electron chi connectivity index (χ1n) is 7.75. The van der Waals surface area contributed by atoms with E-state index in [9.17, 15) is 22.8 Å². The summed E-state index contributed by atoms with van der Waals surface area (Å²) in [5.74, 6) is 0.440. The molecule has 0 saturated carbocycles. The molecule has 2 aromatic rings. The van der Waals surface area contributed by atoms with Gasteiger partial charge in [0.25, 0.3) is 0 Å². The Morgan fingerprint density at radius 3 is 2.73 bits per heavy atom. The van der Waals surface area contributed by atoms with E-state index in [0.717, 1.165) is 16.9 Å². The molecule has 2 unspecified atom stereocenters. The zero-order valence-electron chi connectivity index (χ0n) is 13.6. The Labute approximate surface area is 144 Å². The highest BCUT2D eigenvalue weighted by Gasteiger charge is 2.33. The van der Waals surface area contributed by atoms with E-state index in [2.05, 4.69) is 10.1 Å². The van der Waals surface area contributed by atoms with E-state index in [1.807, 2.05) is 6.92 Å². The maximum absolute atomic E-state index is 12.6. The Morgan fingerprint density at radius 2 is 2.15 bits per heavy atom. The number of carboxylic acid groups (broad SMARTS) is 1. The highest BCUT2D eigenvalue weighted by molar-refractivity contribution is 5.56. The fourth-order valence-corrected chi connectivity index (χ4v) is 2.92. The number of ether oxygens (including phenoxy) is 1. The van der Waals surface area contributed by atoms with Crippen molar-refractivity contribution in [3.8, 4) is 0 Å². The smallest absolute Gasteiger partial charge is 0.450 e. The maximum atomic E-state index is 12.6. The van der Waals surface area contributed by atoms with Gasteiger partial charge in [0.2, 0.25) is 0 Å². The van der Waals surface area contributed by atoms with Gasteiger partial charge in [-0.1, -0.05) is 13.0 Å². The van der Waals surface area contributed by atoms with E-state index < -0.39 is 29.9 Å². The second-order valence-corrected chi connectivity index (χ2v) is 6.16. The van der Waals surface area contributed by atoms with Crippen molar-refractivity contribution in [2.24, 2.45) is 5.92 Å². The van der Waals surface area contributed by atoms with Gasteiger partial charge in [-0.2, -0.15) is 18.3 Å². The van der Waals surface area contributed by atoms with Crippen LogP contribution in [0.25, 0.3) is 0 Å². The number of pyridine rings is 1. The molecule has 2 atom stereocenters. The lowest BCUT2D eigenvalue weighted by Gasteiger charge is -2.26. The quantitative estimate of drug-likeness (QED) is 0.830. The molecule has 0 aromatic carbocycles. The lowest BCUT2D eigenvalue weighted by molar-refractivity contribution is -0.141. The number of rotatable bonds is 3. The molecule has 1 aliphatic heterocycles. The van der Waals surface area contributed by atoms with Gasteiger partial charge in [0.1, 0.15) is 11.5 Å². The fraction of sp³-hybridized carbons (Fsp3) is 0.467. The Balaban J connectivity index is 1.88. The number of hydrogen-bond donors (Lipinski definition) is 1. The summed E-state index contributed by atoms with van der Waals surface area (Å²) in [5.41, 5.74) is -1.25. The first-order valence-corrected chi connectivity index (χ1v) is 7.75. The average molecular weight is 372 g/mol. The maximum Gasteiger partial charge on any atom is 0.507 e. The van der Waals surface area contributed by atoms with Gasteiger partial charge in [0.15, 0.2) is 6.23 Å². The van der Waals surface area contributed by atoms with E-state index in [1.165, 1.54) is 10.6 Å². The number of hydrogen-bond acceptors (Lipinski definition) is 5. The van der Waals surface area contributed by atoms with Crippen LogP contribution in [0.5, 0.6) is 0 Å². The van der Waals surface area contributed by atoms with Gasteiger partial charge in [-0.3, -0.25) is 4.98 Å². The van der Waals surface area contributed by atoms with Gasteiger partial charge < -0.3 is 9.84 Å². The van der Waals surface area contributed by atoms with E-state index in [0.29, 0.717) is 24.2 Å². The molecule has 0 spiro atoms. The van der Waals surface area contributed by atoms with Crippen LogP contribution in [-0.2, 0) is 23.9 Å². The molecular weight excluding hydrogens is 357 g/mol. The average Bonchev–Trinajstić information content (AvgIpc) is 2.82. The van der Waals surface area contributed by atoms with E-state index >= 15 is 0 Å². The SMILES string of the molecule is CC1Cc2nn(Cc3ccc(C(F)(F)F)nc3)c(=O)n2C(OC(=O)O)C1. The number of halogens is 3. The van der Waals surface area contributed by atoms with Crippen LogP contribution in [0.2, 0.25) is 0 Å². The van der Waals surface area contributed by atoms with Gasteiger partial charge in [0.05, 0.1) is 6.54 Å². The summed E-state index contributed by atoms with van der Waals surface area (Å²) in [5, 5.41) is 13.0. The molecule has 140 valence electrons. The summed E-state index contributed by atoms with van der Waals surface area (Å²) in [6.07, 6.45) is -5.18. The minimum absolute atomic E-state index is 0.0647. The molecule has 3 rings (SSSR count). The summed E-state index contributed by atoms with van der Waals surface area (Å²) in [4.78, 5) is 26.7. The van der Waals surface area contributed by atoms with Crippen molar-refractivity contribution >= 4 is 6.16 Å². The second-order valence-electron chi connectivity index (χ2n) is 6.16. The lowest BCUT2D eigenvalue weighted by atomic mass is 9.99. The Morgan fingerprint density at radius 1 is 1.42 bits per heavy atom. The van der Waals surface area contributed by atoms with Crippen LogP contribution in [-0.4, -0.2) is 30.6 Å². The molecule has 2 aromatic heterocycles. The van der Waals surface area contributed by atoms with Crippen LogP contribution in [0.1, 0.15) is 36.7 Å². The van der Waals surface area contributed by atoms with Crippen LogP contribution >= 0.6 is 0 Å². The largest absolute Gasteiger partial charge is 0.507 e. The first-order chi connectivity index (χ1) is 12.1. The summed E-state index contributed by atoms with van der Waals surface area (Å²) in [6.45, 7) is 1.79. The highest BCUT2D eigenvalue weighted by atomic mass is 19.4. The topological polar surface area (TPSA) is 99.2 Å². The molecule has 1 aliphatic rings. The monoisotopic (exact) mass is 372 g/mol. The fourth-order valence-electron chi connectivity index (χ4n) is 2.92. The Hall–Kier alpha value is -2.85. The van der Waals surface area contributed by atoms with Gasteiger partial charge in [-0.05, 0) is 17.5 Å². The summed E-state index contributed by atoms with van der Waals surface area (Å²) in [7, 11) is 0. The van der Waals surface area contributed by atoms with Crippen LogP contribution in [0.3, 0.4) is 0 Å². The zero-order chi connectivity index (χ0) is 19.1. The van der Waals surface area contributed by atoms with Gasteiger partial charge in [-0.15, -0.1) is 0 Å². The van der Waals surface area contributed by atoms with Crippen molar-refractivity contribution in [1.29, 1.82) is 0 Å². The molecule has 8 nitrogen and oxygen atoms in total. The lowest BCUT2D eigenvalue weighted by Crippen LogP contribution is -2.35. The van der Waals surface area contributed by atoms with Crippen LogP contribution in [0.4, 0.5) is 18.0 Å². The third-order valence-corrected chi connectivity index (χ3v) is 4.05. The van der Waals surface area contributed by atoms with Crippen LogP contribution in [0, 0.1) is 5.92 Å². The normalized spacial score (nSPS) is 19.8. The number of alkyl halides is 3. The van der Waals surface area contributed by atoms with E-state index in [4.69, 9.17) is 9.84 Å². The molecule has 0 bridgehead atoms. The zero-order valence-corrected chi connectivity index (χ0v) is 13.6. The van der Waals surface area contributed by atoms with Crippen molar-refractivity contribution in [3.05, 3.63) is 45.9 Å². The number of nitrogens with zero attached hydrogens (tertiary/aromatic N) is 4. The highest BCUT2D eigenvalue weighted by Crippen LogP contribution is 2.28. The van der Waals surface area contributed by atoms with Crippen molar-refractivity contribution in [2.45, 2.75) is 38.7 Å². The molecular formula is C15H15F3N4O4. The van der Waals surface area contributed by atoms with Crippen molar-refractivity contribution in [1.82, 2.24) is 19.3 Å². The molecule has 0 aliphatic carbocycles. The second kappa shape index (κ2) is 6.46. The van der Waals surface area contributed by atoms with Crippen molar-refractivity contribution in [3.63, 3.8) is 0 Å². The van der Waals surface area contributed by atoms with Crippen LogP contribution < -0.4 is 5.69 Å². The minimum atomic E-state index is -4.54. The Bertz CT molecular complexity index is 872. The van der Waals surface area contributed by atoms with Crippen molar-refractivity contribution in [2.75, 3.05) is 0 Å². The molecule has 3 heterocycles. The minimum Gasteiger partial charge on any atom is -0.450 e. The molecule has 0 fully saturated rings. The molecule has 11 heteroatoms. The summed E-state index contributed by atoms with van der Waals surface area (Å²) in [6, 6.07) is 2.04. The van der Waals surface area contributed by atoms with Gasteiger partial charge in [0, 0.05) is 19.0 Å². The summed E-state index contributed by atoms with van der Waals surface area (Å²) < 4.78 is 44.7. The predicted octanol–water partition coefficient (Wildman–Crippen LogP) is 2.28. The van der Waals surface area contributed by atoms with E-state index in [1.54, 1.807) is 0 Å². The number of carbonyl (C=O) groups is 1. The standard InChI is InChI=1S/C15H15F3N4O4/c1-8-4-11-20-21(13(23)22(11)12(5-8)26-14(24)25)7-9-2-3-10(19-6-9)15(16,17)18/h2-3,6,8,12H,4-5,7H2,1H3,(H,24,25). The predicted molar refractivity (Wildman–Crippen MR) is 80.5 cm³/mol. The van der Waals surface area contributed by atoms with Gasteiger partial charge >= 0.3 is 18.0 Å². The molecule has 0 amide bonds. The Kier molecular flexibility index (Phi) is 4.46. The van der Waals surface area contributed by atoms with Gasteiger partial charge in [-0.25, -0.2) is 18.8 Å². The molecule has 1 N–H and O–H groups in total. The number of aromatic nitrogens is 4. The van der Waals surface area contributed by atoms with E-state index in [-0.39, 0.29) is 12.5 Å². The summed E-state index contributed by atoms with van der Waals surface area (Å²) >= 11 is 0. The van der Waals surface area contributed by atoms with Crippen LogP contribution in [0.15, 0.2) is 23.1 Å². The number of fused-ring (bicyclic) bond motifs is 1.